The van der Waals surface area contributed by atoms with E-state index in [2.05, 4.69) is 29.8 Å². The SMILES string of the molecule is COc1ccc(N2CCN(c3nc4c(C(C)Nc5ccc(Cl)nc5C(=O)NSC)cc(C)cc4c(=O)n3C)CC2)cn1. The fourth-order valence-electron chi connectivity index (χ4n) is 5.18. The number of anilines is 3. The number of ether oxygens (including phenoxy) is 1. The molecule has 4 heterocycles. The zero-order chi connectivity index (χ0) is 30.0. The van der Waals surface area contributed by atoms with Crippen LogP contribution in [0.2, 0.25) is 5.15 Å². The van der Waals surface area contributed by atoms with E-state index in [1.54, 1.807) is 37.1 Å². The number of benzene rings is 1. The Morgan fingerprint density at radius 1 is 1.10 bits per heavy atom. The van der Waals surface area contributed by atoms with Gasteiger partial charge in [0.05, 0.1) is 41.6 Å². The fraction of sp³-hybridized carbons (Fsp3) is 0.345. The second kappa shape index (κ2) is 12.5. The average molecular weight is 609 g/mol. The molecule has 1 aliphatic heterocycles. The van der Waals surface area contributed by atoms with Crippen LogP contribution in [0.15, 0.2) is 47.4 Å². The van der Waals surface area contributed by atoms with Crippen molar-refractivity contribution in [3.05, 3.63) is 74.9 Å². The van der Waals surface area contributed by atoms with E-state index in [4.69, 9.17) is 21.3 Å². The van der Waals surface area contributed by atoms with E-state index < -0.39 is 0 Å². The third-order valence-corrected chi connectivity index (χ3v) is 7.90. The van der Waals surface area contributed by atoms with Crippen molar-refractivity contribution in [1.29, 1.82) is 0 Å². The van der Waals surface area contributed by atoms with Crippen molar-refractivity contribution in [2.24, 2.45) is 7.05 Å². The van der Waals surface area contributed by atoms with Crippen LogP contribution in [0, 0.1) is 6.92 Å². The summed E-state index contributed by atoms with van der Waals surface area (Å²) >= 11 is 7.29. The Morgan fingerprint density at radius 3 is 2.50 bits per heavy atom. The second-order valence-corrected chi connectivity index (χ2v) is 11.1. The standard InChI is InChI=1S/C29H33ClN8O3S/c1-17-14-20(18(2)32-22-7-8-23(30)33-26(22)27(39)35-42-5)25-21(15-17)28(40)36(3)29(34-25)38-12-10-37(11-13-38)19-6-9-24(41-4)31-16-19/h6-9,14-16,18,32H,10-13H2,1-5H3,(H,35,39). The Kier molecular flexibility index (Phi) is 8.74. The van der Waals surface area contributed by atoms with Gasteiger partial charge in [-0.05, 0) is 43.7 Å². The highest BCUT2D eigenvalue weighted by atomic mass is 35.5. The number of amides is 1. The molecule has 0 aliphatic carbocycles. The van der Waals surface area contributed by atoms with Gasteiger partial charge in [0.25, 0.3) is 11.5 Å². The monoisotopic (exact) mass is 608 g/mol. The Hall–Kier alpha value is -4.03. The molecule has 0 spiro atoms. The zero-order valence-electron chi connectivity index (χ0n) is 24.1. The maximum atomic E-state index is 13.6. The number of carbonyl (C=O) groups excluding carboxylic acids is 1. The summed E-state index contributed by atoms with van der Waals surface area (Å²) in [7, 11) is 3.37. The molecule has 0 bridgehead atoms. The summed E-state index contributed by atoms with van der Waals surface area (Å²) in [5.74, 6) is 0.840. The summed E-state index contributed by atoms with van der Waals surface area (Å²) in [5.41, 5.74) is 4.04. The largest absolute Gasteiger partial charge is 0.481 e. The molecule has 1 unspecified atom stereocenters. The number of piperazine rings is 1. The number of methoxy groups -OCH3 is 1. The van der Waals surface area contributed by atoms with Crippen molar-refractivity contribution in [3.8, 4) is 5.88 Å². The highest BCUT2D eigenvalue weighted by molar-refractivity contribution is 7.97. The smallest absolute Gasteiger partial charge is 0.281 e. The topological polar surface area (TPSA) is 118 Å². The summed E-state index contributed by atoms with van der Waals surface area (Å²) in [5, 5.41) is 4.17. The highest BCUT2D eigenvalue weighted by Crippen LogP contribution is 2.29. The number of hydrogen-bond donors (Lipinski definition) is 2. The molecule has 13 heteroatoms. The third-order valence-electron chi connectivity index (χ3n) is 7.30. The number of pyridine rings is 2. The van der Waals surface area contributed by atoms with Gasteiger partial charge in [-0.15, -0.1) is 0 Å². The van der Waals surface area contributed by atoms with Gasteiger partial charge in [0.15, 0.2) is 5.69 Å². The van der Waals surface area contributed by atoms with Gasteiger partial charge in [0, 0.05) is 51.1 Å². The van der Waals surface area contributed by atoms with Crippen molar-refractivity contribution in [3.63, 3.8) is 0 Å². The first-order valence-electron chi connectivity index (χ1n) is 13.5. The molecule has 42 heavy (non-hydrogen) atoms. The first-order valence-corrected chi connectivity index (χ1v) is 15.1. The maximum Gasteiger partial charge on any atom is 0.281 e. The molecule has 1 amide bonds. The number of hydrogen-bond acceptors (Lipinski definition) is 10. The molecule has 0 radical (unpaired) electrons. The summed E-state index contributed by atoms with van der Waals surface area (Å²) in [6.07, 6.45) is 3.57. The molecule has 1 aliphatic rings. The molecular formula is C29H33ClN8O3S. The number of aromatic nitrogens is 4. The van der Waals surface area contributed by atoms with Crippen LogP contribution in [-0.4, -0.2) is 65.0 Å². The molecule has 1 aromatic carbocycles. The van der Waals surface area contributed by atoms with Crippen LogP contribution < -0.4 is 30.1 Å². The fourth-order valence-corrected chi connectivity index (χ4v) is 5.61. The van der Waals surface area contributed by atoms with E-state index in [-0.39, 0.29) is 28.4 Å². The van der Waals surface area contributed by atoms with Crippen LogP contribution in [0.25, 0.3) is 10.9 Å². The molecule has 1 saturated heterocycles. The van der Waals surface area contributed by atoms with Crippen molar-refractivity contribution in [2.75, 3.05) is 54.7 Å². The molecule has 220 valence electrons. The molecule has 4 aromatic rings. The second-order valence-electron chi connectivity index (χ2n) is 10.1. The van der Waals surface area contributed by atoms with E-state index in [0.717, 1.165) is 29.9 Å². The molecule has 3 aromatic heterocycles. The first-order chi connectivity index (χ1) is 20.2. The molecule has 5 rings (SSSR count). The Labute approximate surface area is 253 Å². The van der Waals surface area contributed by atoms with Crippen LogP contribution in [0.3, 0.4) is 0 Å². The maximum absolute atomic E-state index is 13.6. The summed E-state index contributed by atoms with van der Waals surface area (Å²) in [6.45, 7) is 6.82. The minimum absolute atomic E-state index is 0.109. The van der Waals surface area contributed by atoms with Gasteiger partial charge in [-0.1, -0.05) is 29.6 Å². The number of nitrogens with one attached hydrogen (secondary N) is 2. The summed E-state index contributed by atoms with van der Waals surface area (Å²) in [4.78, 5) is 44.4. The molecular weight excluding hydrogens is 576 g/mol. The van der Waals surface area contributed by atoms with Crippen molar-refractivity contribution in [1.82, 2.24) is 24.2 Å². The van der Waals surface area contributed by atoms with Crippen molar-refractivity contribution in [2.45, 2.75) is 19.9 Å². The van der Waals surface area contributed by atoms with Crippen molar-refractivity contribution >= 4 is 57.7 Å². The molecule has 2 N–H and O–H groups in total. The molecule has 1 atom stereocenters. The average Bonchev–Trinajstić information content (AvgIpc) is 3.00. The number of fused-ring (bicyclic) bond motifs is 1. The van der Waals surface area contributed by atoms with Gasteiger partial charge < -0.3 is 19.9 Å². The van der Waals surface area contributed by atoms with Crippen molar-refractivity contribution < 1.29 is 9.53 Å². The minimum Gasteiger partial charge on any atom is -0.481 e. The minimum atomic E-state index is -0.354. The van der Waals surface area contributed by atoms with Crippen LogP contribution >= 0.6 is 23.5 Å². The van der Waals surface area contributed by atoms with E-state index in [0.29, 0.717) is 41.5 Å². The third kappa shape index (κ3) is 5.95. The number of halogens is 1. The Morgan fingerprint density at radius 2 is 1.83 bits per heavy atom. The van der Waals surface area contributed by atoms with Crippen LogP contribution in [0.5, 0.6) is 5.88 Å². The Balaban J connectivity index is 1.46. The van der Waals surface area contributed by atoms with E-state index in [9.17, 15) is 9.59 Å². The van der Waals surface area contributed by atoms with Gasteiger partial charge >= 0.3 is 0 Å². The van der Waals surface area contributed by atoms with Gasteiger partial charge in [0.2, 0.25) is 11.8 Å². The number of nitrogens with zero attached hydrogens (tertiary/aromatic N) is 6. The zero-order valence-corrected chi connectivity index (χ0v) is 25.7. The quantitative estimate of drug-likeness (QED) is 0.223. The molecule has 1 fully saturated rings. The van der Waals surface area contributed by atoms with E-state index >= 15 is 0 Å². The molecule has 0 saturated carbocycles. The van der Waals surface area contributed by atoms with Crippen LogP contribution in [-0.2, 0) is 7.05 Å². The lowest BCUT2D eigenvalue weighted by Crippen LogP contribution is -2.48. The number of rotatable bonds is 8. The lowest BCUT2D eigenvalue weighted by Gasteiger charge is -2.37. The van der Waals surface area contributed by atoms with Gasteiger partial charge in [-0.3, -0.25) is 18.9 Å². The first kappa shape index (κ1) is 29.5. The predicted molar refractivity (Wildman–Crippen MR) is 169 cm³/mol. The lowest BCUT2D eigenvalue weighted by atomic mass is 10.0. The predicted octanol–water partition coefficient (Wildman–Crippen LogP) is 4.20. The highest BCUT2D eigenvalue weighted by Gasteiger charge is 2.24. The van der Waals surface area contributed by atoms with Crippen LogP contribution in [0.4, 0.5) is 17.3 Å². The normalized spacial score (nSPS) is 14.1. The van der Waals surface area contributed by atoms with Crippen LogP contribution in [0.1, 0.15) is 34.6 Å². The molecule has 11 nitrogen and oxygen atoms in total. The summed E-state index contributed by atoms with van der Waals surface area (Å²) < 4.78 is 9.51. The van der Waals surface area contributed by atoms with E-state index in [1.807, 2.05) is 44.3 Å². The Bertz CT molecular complexity index is 1670. The number of aryl methyl sites for hydroxylation is 1. The van der Waals surface area contributed by atoms with Gasteiger partial charge in [-0.2, -0.15) is 0 Å². The summed E-state index contributed by atoms with van der Waals surface area (Å²) in [6, 6.07) is 10.8. The van der Waals surface area contributed by atoms with E-state index in [1.165, 1.54) is 11.9 Å². The lowest BCUT2D eigenvalue weighted by molar-refractivity contribution is 0.0980. The number of carbonyl (C=O) groups is 1. The van der Waals surface area contributed by atoms with Gasteiger partial charge in [0.1, 0.15) is 5.15 Å². The van der Waals surface area contributed by atoms with Gasteiger partial charge in [-0.25, -0.2) is 15.0 Å².